The lowest BCUT2D eigenvalue weighted by Crippen LogP contribution is -2.36. The highest BCUT2D eigenvalue weighted by atomic mass is 32.2. The molecular formula is C19H24FN3O3S. The molecule has 0 spiro atoms. The van der Waals surface area contributed by atoms with Gasteiger partial charge in [-0.05, 0) is 43.9 Å². The first-order valence-corrected chi connectivity index (χ1v) is 10.0. The number of likely N-dealkylation sites (N-methyl/N-ethyl adjacent to an activating group) is 1. The molecule has 0 radical (unpaired) electrons. The van der Waals surface area contributed by atoms with Crippen LogP contribution in [0, 0.1) is 5.82 Å². The summed E-state index contributed by atoms with van der Waals surface area (Å²) >= 11 is 0. The van der Waals surface area contributed by atoms with Crippen LogP contribution in [0.3, 0.4) is 0 Å². The maximum atomic E-state index is 12.9. The monoisotopic (exact) mass is 393 g/mol. The van der Waals surface area contributed by atoms with E-state index in [-0.39, 0.29) is 29.8 Å². The third-order valence-corrected chi connectivity index (χ3v) is 5.55. The number of carbonyl (C=O) groups is 1. The van der Waals surface area contributed by atoms with Crippen LogP contribution in [-0.4, -0.2) is 46.4 Å². The molecule has 0 saturated carbocycles. The topological polar surface area (TPSA) is 78.5 Å². The maximum absolute atomic E-state index is 12.9. The second-order valence-corrected chi connectivity index (χ2v) is 8.06. The largest absolute Gasteiger partial charge is 0.354 e. The Bertz CT molecular complexity index is 840. The maximum Gasteiger partial charge on any atom is 0.240 e. The Hall–Kier alpha value is -2.29. The summed E-state index contributed by atoms with van der Waals surface area (Å²) in [4.78, 5) is 14.0. The number of nitrogens with zero attached hydrogens (tertiary/aromatic N) is 1. The minimum absolute atomic E-state index is 0.00929. The summed E-state index contributed by atoms with van der Waals surface area (Å²) in [5, 5.41) is 2.83. The summed E-state index contributed by atoms with van der Waals surface area (Å²) < 4.78 is 39.4. The summed E-state index contributed by atoms with van der Waals surface area (Å²) in [5.74, 6) is -0.762. The van der Waals surface area contributed by atoms with E-state index in [1.165, 1.54) is 12.1 Å². The van der Waals surface area contributed by atoms with Crippen molar-refractivity contribution in [1.29, 1.82) is 0 Å². The fourth-order valence-corrected chi connectivity index (χ4v) is 3.60. The van der Waals surface area contributed by atoms with Gasteiger partial charge in [-0.15, -0.1) is 0 Å². The van der Waals surface area contributed by atoms with Crippen LogP contribution in [0.15, 0.2) is 59.5 Å². The molecule has 0 aliphatic carbocycles. The third kappa shape index (κ3) is 6.42. The number of nitrogens with one attached hydrogen (secondary N) is 2. The summed E-state index contributed by atoms with van der Waals surface area (Å²) in [5.41, 5.74) is 1.08. The van der Waals surface area contributed by atoms with E-state index in [0.717, 1.165) is 17.7 Å². The van der Waals surface area contributed by atoms with Crippen molar-refractivity contribution in [2.24, 2.45) is 0 Å². The van der Waals surface area contributed by atoms with Crippen LogP contribution in [0.5, 0.6) is 0 Å². The zero-order chi connectivity index (χ0) is 19.9. The van der Waals surface area contributed by atoms with Crippen LogP contribution in [0.1, 0.15) is 18.0 Å². The van der Waals surface area contributed by atoms with Gasteiger partial charge in [0.05, 0.1) is 10.9 Å². The molecule has 0 fully saturated rings. The van der Waals surface area contributed by atoms with Gasteiger partial charge in [-0.3, -0.25) is 4.79 Å². The van der Waals surface area contributed by atoms with Crippen molar-refractivity contribution in [2.75, 3.05) is 27.2 Å². The molecule has 0 aliphatic heterocycles. The number of hydrogen-bond acceptors (Lipinski definition) is 4. The van der Waals surface area contributed by atoms with Gasteiger partial charge in [0.15, 0.2) is 0 Å². The molecule has 1 atom stereocenters. The molecular weight excluding hydrogens is 369 g/mol. The molecule has 0 heterocycles. The van der Waals surface area contributed by atoms with Crippen LogP contribution in [-0.2, 0) is 14.8 Å². The van der Waals surface area contributed by atoms with E-state index in [9.17, 15) is 17.6 Å². The minimum atomic E-state index is -3.77. The zero-order valence-electron chi connectivity index (χ0n) is 15.4. The van der Waals surface area contributed by atoms with Gasteiger partial charge in [0.2, 0.25) is 15.9 Å². The Balaban J connectivity index is 1.82. The second-order valence-electron chi connectivity index (χ2n) is 6.30. The van der Waals surface area contributed by atoms with Crippen LogP contribution in [0.25, 0.3) is 0 Å². The molecule has 2 N–H and O–H groups in total. The third-order valence-electron chi connectivity index (χ3n) is 4.07. The lowest BCUT2D eigenvalue weighted by atomic mass is 10.1. The van der Waals surface area contributed by atoms with Crippen LogP contribution in [0.4, 0.5) is 4.39 Å². The van der Waals surface area contributed by atoms with Crippen molar-refractivity contribution in [3.63, 3.8) is 0 Å². The molecule has 0 aromatic heterocycles. The predicted molar refractivity (Wildman–Crippen MR) is 102 cm³/mol. The van der Waals surface area contributed by atoms with Gasteiger partial charge in [0.1, 0.15) is 5.82 Å². The fraction of sp³-hybridized carbons (Fsp3) is 0.316. The number of sulfonamides is 1. The highest BCUT2D eigenvalue weighted by Gasteiger charge is 2.16. The van der Waals surface area contributed by atoms with Crippen molar-refractivity contribution in [3.05, 3.63) is 66.0 Å². The van der Waals surface area contributed by atoms with Gasteiger partial charge in [-0.2, -0.15) is 0 Å². The van der Waals surface area contributed by atoms with E-state index in [2.05, 4.69) is 10.0 Å². The lowest BCUT2D eigenvalue weighted by Gasteiger charge is -2.25. The van der Waals surface area contributed by atoms with E-state index in [0.29, 0.717) is 6.54 Å². The number of carbonyl (C=O) groups excluding carboxylic acids is 1. The Labute approximate surface area is 159 Å². The van der Waals surface area contributed by atoms with Crippen molar-refractivity contribution in [3.8, 4) is 0 Å². The summed E-state index contributed by atoms with van der Waals surface area (Å²) in [6.45, 7) is 0.379. The van der Waals surface area contributed by atoms with E-state index >= 15 is 0 Å². The number of halogens is 1. The molecule has 2 rings (SSSR count). The number of amides is 1. The average molecular weight is 393 g/mol. The van der Waals surface area contributed by atoms with Gasteiger partial charge >= 0.3 is 0 Å². The SMILES string of the molecule is CN(C)C(CNC(=O)CCNS(=O)(=O)c1ccc(F)cc1)c1ccccc1. The highest BCUT2D eigenvalue weighted by molar-refractivity contribution is 7.89. The minimum Gasteiger partial charge on any atom is -0.354 e. The summed E-state index contributed by atoms with van der Waals surface area (Å²) in [6.07, 6.45) is 0.00929. The Morgan fingerprint density at radius 1 is 1.07 bits per heavy atom. The van der Waals surface area contributed by atoms with Crippen molar-refractivity contribution in [1.82, 2.24) is 14.9 Å². The number of hydrogen-bond donors (Lipinski definition) is 2. The van der Waals surface area contributed by atoms with Gasteiger partial charge in [0, 0.05) is 19.5 Å². The molecule has 0 bridgehead atoms. The van der Waals surface area contributed by atoms with Crippen molar-refractivity contribution in [2.45, 2.75) is 17.4 Å². The number of benzene rings is 2. The standard InChI is InChI=1S/C19H24FN3O3S/c1-23(2)18(15-6-4-3-5-7-15)14-21-19(24)12-13-22-27(25,26)17-10-8-16(20)9-11-17/h3-11,18,22H,12-14H2,1-2H3,(H,21,24). The quantitative estimate of drug-likeness (QED) is 0.682. The van der Waals surface area contributed by atoms with Crippen LogP contribution in [0.2, 0.25) is 0 Å². The molecule has 146 valence electrons. The number of rotatable bonds is 9. The zero-order valence-corrected chi connectivity index (χ0v) is 16.2. The van der Waals surface area contributed by atoms with E-state index in [1.807, 2.05) is 49.3 Å². The molecule has 8 heteroatoms. The van der Waals surface area contributed by atoms with E-state index in [1.54, 1.807) is 0 Å². The van der Waals surface area contributed by atoms with Crippen molar-refractivity contribution >= 4 is 15.9 Å². The summed E-state index contributed by atoms with van der Waals surface area (Å²) in [6, 6.07) is 14.3. The van der Waals surface area contributed by atoms with Crippen LogP contribution < -0.4 is 10.0 Å². The molecule has 1 amide bonds. The predicted octanol–water partition coefficient (Wildman–Crippen LogP) is 1.91. The van der Waals surface area contributed by atoms with Gasteiger partial charge in [-0.25, -0.2) is 17.5 Å². The molecule has 27 heavy (non-hydrogen) atoms. The molecule has 6 nitrogen and oxygen atoms in total. The van der Waals surface area contributed by atoms with Gasteiger partial charge < -0.3 is 10.2 Å². The first-order valence-electron chi connectivity index (χ1n) is 8.53. The summed E-state index contributed by atoms with van der Waals surface area (Å²) in [7, 11) is 0.0971. The first-order chi connectivity index (χ1) is 12.8. The van der Waals surface area contributed by atoms with E-state index < -0.39 is 15.8 Å². The van der Waals surface area contributed by atoms with Crippen molar-refractivity contribution < 1.29 is 17.6 Å². The Morgan fingerprint density at radius 3 is 2.30 bits per heavy atom. The molecule has 1 unspecified atom stereocenters. The average Bonchev–Trinajstić information content (AvgIpc) is 2.62. The van der Waals surface area contributed by atoms with E-state index in [4.69, 9.17) is 0 Å². The second kappa shape index (κ2) is 9.59. The fourth-order valence-electron chi connectivity index (χ4n) is 2.57. The smallest absolute Gasteiger partial charge is 0.240 e. The van der Waals surface area contributed by atoms with Gasteiger partial charge in [-0.1, -0.05) is 30.3 Å². The normalized spacial score (nSPS) is 12.7. The molecule has 0 aliphatic rings. The Kier molecular flexibility index (Phi) is 7.46. The first kappa shape index (κ1) is 21.0. The molecule has 2 aromatic rings. The van der Waals surface area contributed by atoms with Gasteiger partial charge in [0.25, 0.3) is 0 Å². The molecule has 0 saturated heterocycles. The molecule has 2 aromatic carbocycles. The lowest BCUT2D eigenvalue weighted by molar-refractivity contribution is -0.121. The highest BCUT2D eigenvalue weighted by Crippen LogP contribution is 2.16. The van der Waals surface area contributed by atoms with Crippen LogP contribution >= 0.6 is 0 Å². The Morgan fingerprint density at radius 2 is 1.70 bits per heavy atom.